The lowest BCUT2D eigenvalue weighted by molar-refractivity contribution is 0.177. The third kappa shape index (κ3) is 2.69. The van der Waals surface area contributed by atoms with E-state index in [1.807, 2.05) is 48.0 Å². The first kappa shape index (κ1) is 13.8. The van der Waals surface area contributed by atoms with E-state index in [0.29, 0.717) is 6.42 Å². The first-order valence-corrected chi connectivity index (χ1v) is 7.38. The number of nitrogens with zero attached hydrogens (tertiary/aromatic N) is 2. The van der Waals surface area contributed by atoms with Crippen molar-refractivity contribution in [2.75, 3.05) is 0 Å². The summed E-state index contributed by atoms with van der Waals surface area (Å²) in [5.41, 5.74) is 4.23. The predicted octanol–water partition coefficient (Wildman–Crippen LogP) is 3.64. The summed E-state index contributed by atoms with van der Waals surface area (Å²) < 4.78 is 1.99. The van der Waals surface area contributed by atoms with Crippen LogP contribution in [0.1, 0.15) is 29.8 Å². The summed E-state index contributed by atoms with van der Waals surface area (Å²) >= 11 is 0. The lowest BCUT2D eigenvalue weighted by Crippen LogP contribution is -2.04. The van der Waals surface area contributed by atoms with Gasteiger partial charge in [-0.2, -0.15) is 5.10 Å². The third-order valence-corrected chi connectivity index (χ3v) is 3.88. The normalized spacial score (nSPS) is 12.7. The topological polar surface area (TPSA) is 38.0 Å². The molecule has 3 rings (SSSR count). The molecule has 0 bridgehead atoms. The highest BCUT2D eigenvalue weighted by molar-refractivity contribution is 5.82. The fourth-order valence-electron chi connectivity index (χ4n) is 2.68. The van der Waals surface area contributed by atoms with Gasteiger partial charge in [-0.1, -0.05) is 48.0 Å². The maximum absolute atomic E-state index is 10.5. The summed E-state index contributed by atoms with van der Waals surface area (Å²) in [6.07, 6.45) is 0.0190. The Kier molecular flexibility index (Phi) is 3.76. The van der Waals surface area contributed by atoms with Gasteiger partial charge in [-0.15, -0.1) is 0 Å². The minimum atomic E-state index is -0.519. The van der Waals surface area contributed by atoms with Crippen LogP contribution < -0.4 is 0 Å². The Bertz CT molecular complexity index is 744. The SMILES string of the molecule is CCn1nc(CC(O)c2ccc(C)cc2)c2ccccc21. The van der Waals surface area contributed by atoms with Gasteiger partial charge in [-0.25, -0.2) is 0 Å². The second-order valence-corrected chi connectivity index (χ2v) is 5.41. The molecule has 1 N–H and O–H groups in total. The molecule has 0 aliphatic heterocycles. The Morgan fingerprint density at radius 2 is 1.81 bits per heavy atom. The van der Waals surface area contributed by atoms with Gasteiger partial charge in [0, 0.05) is 18.4 Å². The van der Waals surface area contributed by atoms with Gasteiger partial charge in [0.1, 0.15) is 0 Å². The standard InChI is InChI=1S/C18H20N2O/c1-3-20-17-7-5-4-6-15(17)16(19-20)12-18(21)14-10-8-13(2)9-11-14/h4-11,18,21H,3,12H2,1-2H3. The summed E-state index contributed by atoms with van der Waals surface area (Å²) in [5.74, 6) is 0. The first-order valence-electron chi connectivity index (χ1n) is 7.38. The number of rotatable bonds is 4. The Morgan fingerprint density at radius 3 is 2.52 bits per heavy atom. The molecule has 0 aliphatic carbocycles. The quantitative estimate of drug-likeness (QED) is 0.792. The van der Waals surface area contributed by atoms with Crippen LogP contribution in [0.4, 0.5) is 0 Å². The summed E-state index contributed by atoms with van der Waals surface area (Å²) in [6.45, 7) is 4.97. The molecule has 1 unspecified atom stereocenters. The van der Waals surface area contributed by atoms with Crippen LogP contribution in [-0.4, -0.2) is 14.9 Å². The van der Waals surface area contributed by atoms with Crippen molar-refractivity contribution in [1.82, 2.24) is 9.78 Å². The van der Waals surface area contributed by atoms with E-state index in [4.69, 9.17) is 0 Å². The first-order chi connectivity index (χ1) is 10.2. The Balaban J connectivity index is 1.92. The van der Waals surface area contributed by atoms with Crippen molar-refractivity contribution in [2.24, 2.45) is 0 Å². The molecule has 3 nitrogen and oxygen atoms in total. The number of aliphatic hydroxyl groups is 1. The zero-order valence-corrected chi connectivity index (χ0v) is 12.5. The van der Waals surface area contributed by atoms with E-state index in [0.717, 1.165) is 28.7 Å². The lowest BCUT2D eigenvalue weighted by Gasteiger charge is -2.10. The number of aliphatic hydroxyl groups excluding tert-OH is 1. The molecular weight excluding hydrogens is 260 g/mol. The van der Waals surface area contributed by atoms with Crippen molar-refractivity contribution < 1.29 is 5.11 Å². The fraction of sp³-hybridized carbons (Fsp3) is 0.278. The van der Waals surface area contributed by atoms with Crippen molar-refractivity contribution in [3.63, 3.8) is 0 Å². The molecular formula is C18H20N2O. The minimum absolute atomic E-state index is 0.519. The highest BCUT2D eigenvalue weighted by atomic mass is 16.3. The van der Waals surface area contributed by atoms with Crippen molar-refractivity contribution in [1.29, 1.82) is 0 Å². The van der Waals surface area contributed by atoms with Gasteiger partial charge in [-0.05, 0) is 25.5 Å². The second kappa shape index (κ2) is 5.70. The van der Waals surface area contributed by atoms with Crippen molar-refractivity contribution in [3.8, 4) is 0 Å². The van der Waals surface area contributed by atoms with Gasteiger partial charge in [0.25, 0.3) is 0 Å². The van der Waals surface area contributed by atoms with Crippen molar-refractivity contribution in [2.45, 2.75) is 32.9 Å². The molecule has 0 spiro atoms. The molecule has 0 fully saturated rings. The van der Waals surface area contributed by atoms with Crippen LogP contribution in [-0.2, 0) is 13.0 Å². The molecule has 3 heteroatoms. The summed E-state index contributed by atoms with van der Waals surface area (Å²) in [5, 5.41) is 16.2. The van der Waals surface area contributed by atoms with Gasteiger partial charge in [0.05, 0.1) is 17.3 Å². The molecule has 0 saturated carbocycles. The van der Waals surface area contributed by atoms with E-state index in [2.05, 4.69) is 24.2 Å². The van der Waals surface area contributed by atoms with Crippen LogP contribution >= 0.6 is 0 Å². The van der Waals surface area contributed by atoms with E-state index >= 15 is 0 Å². The van der Waals surface area contributed by atoms with Crippen LogP contribution in [0.2, 0.25) is 0 Å². The predicted molar refractivity (Wildman–Crippen MR) is 85.2 cm³/mol. The molecule has 1 aromatic heterocycles. The van der Waals surface area contributed by atoms with Crippen LogP contribution in [0, 0.1) is 6.92 Å². The average Bonchev–Trinajstić information content (AvgIpc) is 2.86. The zero-order valence-electron chi connectivity index (χ0n) is 12.5. The van der Waals surface area contributed by atoms with Crippen molar-refractivity contribution in [3.05, 3.63) is 65.4 Å². The van der Waals surface area contributed by atoms with Crippen molar-refractivity contribution >= 4 is 10.9 Å². The molecule has 108 valence electrons. The molecule has 2 aromatic carbocycles. The van der Waals surface area contributed by atoms with E-state index in [9.17, 15) is 5.11 Å². The van der Waals surface area contributed by atoms with E-state index in [1.54, 1.807) is 0 Å². The van der Waals surface area contributed by atoms with E-state index in [-0.39, 0.29) is 0 Å². The molecule has 1 atom stereocenters. The lowest BCUT2D eigenvalue weighted by atomic mass is 10.0. The average molecular weight is 280 g/mol. The van der Waals surface area contributed by atoms with Gasteiger partial charge < -0.3 is 5.11 Å². The highest BCUT2D eigenvalue weighted by Gasteiger charge is 2.14. The molecule has 0 aliphatic rings. The number of hydrogen-bond acceptors (Lipinski definition) is 2. The van der Waals surface area contributed by atoms with E-state index < -0.39 is 6.10 Å². The summed E-state index contributed by atoms with van der Waals surface area (Å²) in [4.78, 5) is 0. The minimum Gasteiger partial charge on any atom is -0.388 e. The van der Waals surface area contributed by atoms with Gasteiger partial charge in [-0.3, -0.25) is 4.68 Å². The monoisotopic (exact) mass is 280 g/mol. The van der Waals surface area contributed by atoms with Crippen LogP contribution in [0.5, 0.6) is 0 Å². The Hall–Kier alpha value is -2.13. The smallest absolute Gasteiger partial charge is 0.0846 e. The third-order valence-electron chi connectivity index (χ3n) is 3.88. The van der Waals surface area contributed by atoms with Crippen LogP contribution in [0.3, 0.4) is 0 Å². The molecule has 3 aromatic rings. The molecule has 1 heterocycles. The van der Waals surface area contributed by atoms with Gasteiger partial charge >= 0.3 is 0 Å². The second-order valence-electron chi connectivity index (χ2n) is 5.41. The molecule has 0 amide bonds. The number of fused-ring (bicyclic) bond motifs is 1. The number of benzene rings is 2. The maximum Gasteiger partial charge on any atom is 0.0846 e. The van der Waals surface area contributed by atoms with Gasteiger partial charge in [0.2, 0.25) is 0 Å². The van der Waals surface area contributed by atoms with Crippen LogP contribution in [0.25, 0.3) is 10.9 Å². The molecule has 21 heavy (non-hydrogen) atoms. The largest absolute Gasteiger partial charge is 0.388 e. The molecule has 0 radical (unpaired) electrons. The van der Waals surface area contributed by atoms with Crippen LogP contribution in [0.15, 0.2) is 48.5 Å². The number of para-hydroxylation sites is 1. The van der Waals surface area contributed by atoms with E-state index in [1.165, 1.54) is 5.56 Å². The number of aryl methyl sites for hydroxylation is 2. The number of hydrogen-bond donors (Lipinski definition) is 1. The maximum atomic E-state index is 10.5. The fourth-order valence-corrected chi connectivity index (χ4v) is 2.68. The number of aromatic nitrogens is 2. The zero-order chi connectivity index (χ0) is 14.8. The molecule has 0 saturated heterocycles. The summed E-state index contributed by atoms with van der Waals surface area (Å²) in [6, 6.07) is 16.2. The highest BCUT2D eigenvalue weighted by Crippen LogP contribution is 2.24. The van der Waals surface area contributed by atoms with Gasteiger partial charge in [0.15, 0.2) is 0 Å². The Labute approximate surface area is 124 Å². The summed E-state index contributed by atoms with van der Waals surface area (Å²) in [7, 11) is 0. The Morgan fingerprint density at radius 1 is 1.10 bits per heavy atom.